The minimum atomic E-state index is -0.325. The molecule has 4 heteroatoms. The predicted octanol–water partition coefficient (Wildman–Crippen LogP) is 2.07. The number of aromatic nitrogens is 1. The highest BCUT2D eigenvalue weighted by Crippen LogP contribution is 2.21. The molecule has 0 atom stereocenters. The topological polar surface area (TPSA) is 69.1 Å². The molecule has 4 nitrogen and oxygen atoms in total. The molecule has 2 rings (SSSR count). The smallest absolute Gasteiger partial charge is 0.226 e. The Labute approximate surface area is 99.5 Å². The van der Waals surface area contributed by atoms with Crippen molar-refractivity contribution in [3.63, 3.8) is 0 Å². The minimum Gasteiger partial charge on any atom is -0.441 e. The highest BCUT2D eigenvalue weighted by atomic mass is 16.4. The zero-order valence-electron chi connectivity index (χ0n) is 9.64. The van der Waals surface area contributed by atoms with E-state index in [0.29, 0.717) is 18.7 Å². The number of amides is 1. The predicted molar refractivity (Wildman–Crippen MR) is 64.2 cm³/mol. The number of nitrogens with two attached hydrogens (primary N) is 1. The average Bonchev–Trinajstić information content (AvgIpc) is 2.69. The van der Waals surface area contributed by atoms with Gasteiger partial charge in [-0.25, -0.2) is 4.98 Å². The molecule has 0 unspecified atom stereocenters. The fourth-order valence-corrected chi connectivity index (χ4v) is 1.61. The van der Waals surface area contributed by atoms with Crippen LogP contribution in [0.5, 0.6) is 0 Å². The molecule has 0 aliphatic rings. The van der Waals surface area contributed by atoms with E-state index in [1.165, 1.54) is 0 Å². The summed E-state index contributed by atoms with van der Waals surface area (Å²) in [7, 11) is 0. The third-order valence-electron chi connectivity index (χ3n) is 2.52. The van der Waals surface area contributed by atoms with Gasteiger partial charge >= 0.3 is 0 Å². The van der Waals surface area contributed by atoms with Gasteiger partial charge in [-0.1, -0.05) is 18.2 Å². The molecule has 0 saturated carbocycles. The molecular formula is C13H14N2O2. The Hall–Kier alpha value is -2.10. The van der Waals surface area contributed by atoms with E-state index < -0.39 is 0 Å². The highest BCUT2D eigenvalue weighted by molar-refractivity contribution is 5.74. The Bertz CT molecular complexity index is 517. The number of hydrogen-bond acceptors (Lipinski definition) is 3. The van der Waals surface area contributed by atoms with E-state index in [1.54, 1.807) is 0 Å². The lowest BCUT2D eigenvalue weighted by Crippen LogP contribution is -2.11. The number of oxazole rings is 1. The van der Waals surface area contributed by atoms with Gasteiger partial charge in [0.1, 0.15) is 5.76 Å². The van der Waals surface area contributed by atoms with Gasteiger partial charge in [0, 0.05) is 18.4 Å². The fourth-order valence-electron chi connectivity index (χ4n) is 1.61. The lowest BCUT2D eigenvalue weighted by Gasteiger charge is -1.93. The largest absolute Gasteiger partial charge is 0.441 e. The Morgan fingerprint density at radius 2 is 2.06 bits per heavy atom. The highest BCUT2D eigenvalue weighted by Gasteiger charge is 2.11. The van der Waals surface area contributed by atoms with Crippen LogP contribution in [0.4, 0.5) is 0 Å². The summed E-state index contributed by atoms with van der Waals surface area (Å²) in [6.07, 6.45) is 0.819. The minimum absolute atomic E-state index is 0.293. The second-order valence-electron chi connectivity index (χ2n) is 3.85. The van der Waals surface area contributed by atoms with Crippen LogP contribution >= 0.6 is 0 Å². The first-order valence-electron chi connectivity index (χ1n) is 5.47. The van der Waals surface area contributed by atoms with Gasteiger partial charge in [-0.15, -0.1) is 0 Å². The van der Waals surface area contributed by atoms with Crippen molar-refractivity contribution in [1.82, 2.24) is 4.98 Å². The summed E-state index contributed by atoms with van der Waals surface area (Å²) in [4.78, 5) is 15.1. The van der Waals surface area contributed by atoms with Crippen LogP contribution in [0.1, 0.15) is 17.9 Å². The Kier molecular flexibility index (Phi) is 3.23. The van der Waals surface area contributed by atoms with Crippen LogP contribution in [-0.4, -0.2) is 10.9 Å². The van der Waals surface area contributed by atoms with Crippen LogP contribution < -0.4 is 5.73 Å². The molecule has 0 spiro atoms. The molecule has 1 amide bonds. The molecule has 0 aliphatic heterocycles. The summed E-state index contributed by atoms with van der Waals surface area (Å²) in [6.45, 7) is 1.84. The van der Waals surface area contributed by atoms with Crippen molar-refractivity contribution in [2.24, 2.45) is 5.73 Å². The molecule has 2 N–H and O–H groups in total. The molecule has 1 aromatic carbocycles. The van der Waals surface area contributed by atoms with Gasteiger partial charge in [0.2, 0.25) is 11.8 Å². The zero-order chi connectivity index (χ0) is 12.3. The summed E-state index contributed by atoms with van der Waals surface area (Å²) >= 11 is 0. The first-order chi connectivity index (χ1) is 8.16. The first kappa shape index (κ1) is 11.4. The third-order valence-corrected chi connectivity index (χ3v) is 2.52. The lowest BCUT2D eigenvalue weighted by atomic mass is 10.2. The maximum absolute atomic E-state index is 10.7. The SMILES string of the molecule is Cc1oc(-c2ccccc2)nc1CCC(N)=O. The van der Waals surface area contributed by atoms with E-state index in [0.717, 1.165) is 17.0 Å². The molecule has 0 aliphatic carbocycles. The Balaban J connectivity index is 2.22. The number of hydrogen-bond donors (Lipinski definition) is 1. The van der Waals surface area contributed by atoms with E-state index in [1.807, 2.05) is 37.3 Å². The van der Waals surface area contributed by atoms with Crippen molar-refractivity contribution in [2.45, 2.75) is 19.8 Å². The molecule has 0 saturated heterocycles. The lowest BCUT2D eigenvalue weighted by molar-refractivity contribution is -0.118. The summed E-state index contributed by atoms with van der Waals surface area (Å²) in [5.74, 6) is 1.00. The molecule has 0 radical (unpaired) electrons. The van der Waals surface area contributed by atoms with Gasteiger partial charge in [-0.3, -0.25) is 4.79 Å². The summed E-state index contributed by atoms with van der Waals surface area (Å²) in [5.41, 5.74) is 6.84. The standard InChI is InChI=1S/C13H14N2O2/c1-9-11(7-8-12(14)16)15-13(17-9)10-5-3-2-4-6-10/h2-6H,7-8H2,1H3,(H2,14,16). The van der Waals surface area contributed by atoms with Crippen molar-refractivity contribution in [2.75, 3.05) is 0 Å². The zero-order valence-corrected chi connectivity index (χ0v) is 9.64. The molecule has 88 valence electrons. The number of carbonyl (C=O) groups excluding carboxylic acids is 1. The van der Waals surface area contributed by atoms with Crippen molar-refractivity contribution in [3.05, 3.63) is 41.8 Å². The molecule has 17 heavy (non-hydrogen) atoms. The van der Waals surface area contributed by atoms with Crippen LogP contribution in [-0.2, 0) is 11.2 Å². The van der Waals surface area contributed by atoms with Crippen molar-refractivity contribution >= 4 is 5.91 Å². The van der Waals surface area contributed by atoms with Crippen LogP contribution in [0.25, 0.3) is 11.5 Å². The summed E-state index contributed by atoms with van der Waals surface area (Å²) < 4.78 is 5.57. The van der Waals surface area contributed by atoms with Gasteiger partial charge in [-0.05, 0) is 19.1 Å². The van der Waals surface area contributed by atoms with E-state index in [-0.39, 0.29) is 5.91 Å². The summed E-state index contributed by atoms with van der Waals surface area (Å²) in [5, 5.41) is 0. The van der Waals surface area contributed by atoms with Crippen LogP contribution in [0.3, 0.4) is 0 Å². The third kappa shape index (κ3) is 2.72. The van der Waals surface area contributed by atoms with Crippen molar-refractivity contribution < 1.29 is 9.21 Å². The van der Waals surface area contributed by atoms with Crippen LogP contribution in [0.15, 0.2) is 34.7 Å². The van der Waals surface area contributed by atoms with E-state index in [4.69, 9.17) is 10.2 Å². The van der Waals surface area contributed by atoms with Gasteiger partial charge < -0.3 is 10.2 Å². The number of nitrogens with zero attached hydrogens (tertiary/aromatic N) is 1. The molecule has 1 heterocycles. The first-order valence-corrected chi connectivity index (χ1v) is 5.47. The number of primary amides is 1. The monoisotopic (exact) mass is 230 g/mol. The van der Waals surface area contributed by atoms with Crippen LogP contribution in [0, 0.1) is 6.92 Å². The second kappa shape index (κ2) is 4.82. The number of carbonyl (C=O) groups is 1. The van der Waals surface area contributed by atoms with Gasteiger partial charge in [0.05, 0.1) is 5.69 Å². The molecule has 2 aromatic rings. The van der Waals surface area contributed by atoms with E-state index >= 15 is 0 Å². The Morgan fingerprint density at radius 3 is 2.71 bits per heavy atom. The maximum Gasteiger partial charge on any atom is 0.226 e. The fraction of sp³-hybridized carbons (Fsp3) is 0.231. The number of benzene rings is 1. The van der Waals surface area contributed by atoms with Gasteiger partial charge in [-0.2, -0.15) is 0 Å². The van der Waals surface area contributed by atoms with Crippen molar-refractivity contribution in [1.29, 1.82) is 0 Å². The normalized spacial score (nSPS) is 10.4. The Morgan fingerprint density at radius 1 is 1.35 bits per heavy atom. The van der Waals surface area contributed by atoms with E-state index in [2.05, 4.69) is 4.98 Å². The number of aryl methyl sites for hydroxylation is 2. The quantitative estimate of drug-likeness (QED) is 0.874. The molecule has 1 aromatic heterocycles. The van der Waals surface area contributed by atoms with E-state index in [9.17, 15) is 4.79 Å². The number of rotatable bonds is 4. The van der Waals surface area contributed by atoms with Gasteiger partial charge in [0.25, 0.3) is 0 Å². The molecular weight excluding hydrogens is 216 g/mol. The van der Waals surface area contributed by atoms with Gasteiger partial charge in [0.15, 0.2) is 0 Å². The second-order valence-corrected chi connectivity index (χ2v) is 3.85. The molecule has 0 fully saturated rings. The molecule has 0 bridgehead atoms. The van der Waals surface area contributed by atoms with Crippen LogP contribution in [0.2, 0.25) is 0 Å². The average molecular weight is 230 g/mol. The summed E-state index contributed by atoms with van der Waals surface area (Å²) in [6, 6.07) is 9.66. The maximum atomic E-state index is 10.7. The van der Waals surface area contributed by atoms with Crippen molar-refractivity contribution in [3.8, 4) is 11.5 Å².